The van der Waals surface area contributed by atoms with Gasteiger partial charge < -0.3 is 0 Å². The lowest BCUT2D eigenvalue weighted by Crippen LogP contribution is -2.30. The Bertz CT molecular complexity index is 1090. The average Bonchev–Trinajstić information content (AvgIpc) is 3.25. The Balaban J connectivity index is 1.38. The molecule has 0 bridgehead atoms. The van der Waals surface area contributed by atoms with Gasteiger partial charge in [-0.25, -0.2) is 9.37 Å². The van der Waals surface area contributed by atoms with E-state index in [4.69, 9.17) is 0 Å². The van der Waals surface area contributed by atoms with Crippen LogP contribution in [0.3, 0.4) is 0 Å². The van der Waals surface area contributed by atoms with Gasteiger partial charge in [0.15, 0.2) is 4.34 Å². The number of aromatic nitrogens is 1. The molecule has 2 atom stereocenters. The summed E-state index contributed by atoms with van der Waals surface area (Å²) < 4.78 is 15.2. The van der Waals surface area contributed by atoms with Gasteiger partial charge in [-0.3, -0.25) is 14.5 Å². The zero-order chi connectivity index (χ0) is 20.0. The summed E-state index contributed by atoms with van der Waals surface area (Å²) in [4.78, 5) is 31.7. The van der Waals surface area contributed by atoms with Crippen molar-refractivity contribution in [1.29, 1.82) is 0 Å². The van der Waals surface area contributed by atoms with Crippen LogP contribution in [0.1, 0.15) is 31.2 Å². The third kappa shape index (κ3) is 3.46. The minimum atomic E-state index is -0.238. The van der Waals surface area contributed by atoms with Gasteiger partial charge in [-0.2, -0.15) is 0 Å². The first-order chi connectivity index (χ1) is 14.1. The summed E-state index contributed by atoms with van der Waals surface area (Å²) in [6.07, 6.45) is 3.67. The second-order valence-electron chi connectivity index (χ2n) is 7.56. The van der Waals surface area contributed by atoms with E-state index in [0.29, 0.717) is 11.4 Å². The molecule has 0 radical (unpaired) electrons. The molecule has 7 heteroatoms. The second-order valence-corrected chi connectivity index (χ2v) is 9.81. The number of carbonyl (C=O) groups excluding carboxylic acids is 2. The minimum absolute atomic E-state index is 0.0516. The maximum atomic E-state index is 13.3. The van der Waals surface area contributed by atoms with Crippen molar-refractivity contribution in [2.45, 2.75) is 35.8 Å². The van der Waals surface area contributed by atoms with Crippen LogP contribution < -0.4 is 4.90 Å². The van der Waals surface area contributed by atoms with Crippen LogP contribution in [0.25, 0.3) is 10.2 Å². The molecule has 2 aliphatic rings. The van der Waals surface area contributed by atoms with Crippen LogP contribution >= 0.6 is 23.1 Å². The van der Waals surface area contributed by atoms with Gasteiger partial charge in [0.1, 0.15) is 5.82 Å². The Morgan fingerprint density at radius 2 is 1.83 bits per heavy atom. The van der Waals surface area contributed by atoms with Crippen LogP contribution in [0.5, 0.6) is 0 Å². The molecule has 1 saturated carbocycles. The van der Waals surface area contributed by atoms with Crippen LogP contribution in [0.4, 0.5) is 10.1 Å². The fourth-order valence-corrected chi connectivity index (χ4v) is 6.33. The van der Waals surface area contributed by atoms with E-state index in [1.807, 2.05) is 24.3 Å². The van der Waals surface area contributed by atoms with E-state index in [1.54, 1.807) is 17.8 Å². The molecule has 1 aliphatic carbocycles. The van der Waals surface area contributed by atoms with E-state index in [2.05, 4.69) is 4.98 Å². The number of nitrogens with zero attached hydrogens (tertiary/aromatic N) is 2. The smallest absolute Gasteiger partial charge is 0.237 e. The van der Waals surface area contributed by atoms with E-state index in [-0.39, 0.29) is 29.5 Å². The van der Waals surface area contributed by atoms with Crippen LogP contribution in [0, 0.1) is 17.7 Å². The highest BCUT2D eigenvalue weighted by Crippen LogP contribution is 2.41. The molecule has 0 N–H and O–H groups in total. The quantitative estimate of drug-likeness (QED) is 0.414. The summed E-state index contributed by atoms with van der Waals surface area (Å²) in [5.74, 6) is -0.000601. The highest BCUT2D eigenvalue weighted by Gasteiger charge is 2.48. The standard InChI is InChI=1S/C22H19FN2O2S2/c23-14-5-3-4-13(10-14)12-28-22-24-18-9-8-15(11-19(18)29-22)25-20(26)16-6-1-2-7-17(16)21(25)27/h3-5,8-11,16-17H,1-2,6-7,12H2/t16-,17-/m0/s1. The van der Waals surface area contributed by atoms with Crippen molar-refractivity contribution in [1.82, 2.24) is 4.98 Å². The van der Waals surface area contributed by atoms with E-state index in [1.165, 1.54) is 28.4 Å². The van der Waals surface area contributed by atoms with Crippen molar-refractivity contribution in [3.05, 3.63) is 53.8 Å². The lowest BCUT2D eigenvalue weighted by molar-refractivity contribution is -0.122. The molecule has 1 aromatic heterocycles. The molecular formula is C22H19FN2O2S2. The first-order valence-corrected chi connectivity index (χ1v) is 11.6. The fourth-order valence-electron chi connectivity index (χ4n) is 4.28. The van der Waals surface area contributed by atoms with Crippen LogP contribution in [-0.4, -0.2) is 16.8 Å². The highest BCUT2D eigenvalue weighted by atomic mass is 32.2. The summed E-state index contributed by atoms with van der Waals surface area (Å²) in [6, 6.07) is 12.1. The lowest BCUT2D eigenvalue weighted by Gasteiger charge is -2.19. The number of imide groups is 1. The van der Waals surface area contributed by atoms with E-state index < -0.39 is 0 Å². The normalized spacial score (nSPS) is 21.8. The molecule has 4 nitrogen and oxygen atoms in total. The van der Waals surface area contributed by atoms with Gasteiger partial charge in [0, 0.05) is 5.75 Å². The van der Waals surface area contributed by atoms with Gasteiger partial charge in [0.05, 0.1) is 27.7 Å². The van der Waals surface area contributed by atoms with Gasteiger partial charge in [0.25, 0.3) is 0 Å². The van der Waals surface area contributed by atoms with E-state index in [0.717, 1.165) is 45.8 Å². The van der Waals surface area contributed by atoms with Crippen molar-refractivity contribution >= 4 is 50.8 Å². The molecule has 2 fully saturated rings. The Kier molecular flexibility index (Phi) is 4.87. The maximum Gasteiger partial charge on any atom is 0.237 e. The predicted molar refractivity (Wildman–Crippen MR) is 114 cm³/mol. The number of rotatable bonds is 4. The number of thiazole rings is 1. The fraction of sp³-hybridized carbons (Fsp3) is 0.318. The first-order valence-electron chi connectivity index (χ1n) is 9.76. The Morgan fingerprint density at radius 3 is 2.55 bits per heavy atom. The van der Waals surface area contributed by atoms with Gasteiger partial charge in [-0.05, 0) is 48.7 Å². The topological polar surface area (TPSA) is 50.3 Å². The molecule has 29 heavy (non-hydrogen) atoms. The van der Waals surface area contributed by atoms with Crippen molar-refractivity contribution in [3.8, 4) is 0 Å². The molecule has 5 rings (SSSR count). The lowest BCUT2D eigenvalue weighted by atomic mass is 9.81. The summed E-state index contributed by atoms with van der Waals surface area (Å²) in [5, 5.41) is 0. The first kappa shape index (κ1) is 18.8. The molecule has 0 unspecified atom stereocenters. The van der Waals surface area contributed by atoms with Crippen LogP contribution in [-0.2, 0) is 15.3 Å². The third-order valence-corrected chi connectivity index (χ3v) is 7.94. The number of hydrogen-bond donors (Lipinski definition) is 0. The summed E-state index contributed by atoms with van der Waals surface area (Å²) in [5.41, 5.74) is 2.40. The maximum absolute atomic E-state index is 13.3. The number of amides is 2. The Hall–Kier alpha value is -2.25. The molecule has 1 saturated heterocycles. The highest BCUT2D eigenvalue weighted by molar-refractivity contribution is 8.00. The largest absolute Gasteiger partial charge is 0.274 e. The molecule has 2 heterocycles. The molecular weight excluding hydrogens is 407 g/mol. The van der Waals surface area contributed by atoms with Gasteiger partial charge in [-0.1, -0.05) is 36.7 Å². The number of halogens is 1. The van der Waals surface area contributed by atoms with Crippen molar-refractivity contribution in [3.63, 3.8) is 0 Å². The number of fused-ring (bicyclic) bond motifs is 2. The zero-order valence-electron chi connectivity index (χ0n) is 15.6. The van der Waals surface area contributed by atoms with Crippen molar-refractivity contribution < 1.29 is 14.0 Å². The molecule has 2 amide bonds. The number of hydrogen-bond acceptors (Lipinski definition) is 5. The predicted octanol–water partition coefficient (Wildman–Crippen LogP) is 5.41. The van der Waals surface area contributed by atoms with Crippen molar-refractivity contribution in [2.24, 2.45) is 11.8 Å². The molecule has 0 spiro atoms. The van der Waals surface area contributed by atoms with E-state index in [9.17, 15) is 14.0 Å². The summed E-state index contributed by atoms with van der Waals surface area (Å²) in [7, 11) is 0. The number of anilines is 1. The second kappa shape index (κ2) is 7.54. The average molecular weight is 427 g/mol. The van der Waals surface area contributed by atoms with Crippen molar-refractivity contribution in [2.75, 3.05) is 4.90 Å². The van der Waals surface area contributed by atoms with E-state index >= 15 is 0 Å². The zero-order valence-corrected chi connectivity index (χ0v) is 17.3. The van der Waals surface area contributed by atoms with Gasteiger partial charge >= 0.3 is 0 Å². The number of thioether (sulfide) groups is 1. The third-order valence-electron chi connectivity index (χ3n) is 5.70. The SMILES string of the molecule is O=C1[C@H]2CCCC[C@@H]2C(=O)N1c1ccc2nc(SCc3cccc(F)c3)sc2c1. The number of benzene rings is 2. The Morgan fingerprint density at radius 1 is 1.07 bits per heavy atom. The Labute approximate surface area is 176 Å². The summed E-state index contributed by atoms with van der Waals surface area (Å²) in [6.45, 7) is 0. The minimum Gasteiger partial charge on any atom is -0.274 e. The number of carbonyl (C=O) groups is 2. The molecule has 1 aliphatic heterocycles. The van der Waals surface area contributed by atoms with Crippen LogP contribution in [0.2, 0.25) is 0 Å². The molecule has 2 aromatic carbocycles. The van der Waals surface area contributed by atoms with Gasteiger partial charge in [-0.15, -0.1) is 11.3 Å². The molecule has 148 valence electrons. The van der Waals surface area contributed by atoms with Gasteiger partial charge in [0.2, 0.25) is 11.8 Å². The molecule has 3 aromatic rings. The summed E-state index contributed by atoms with van der Waals surface area (Å²) >= 11 is 3.09. The monoisotopic (exact) mass is 426 g/mol. The van der Waals surface area contributed by atoms with Crippen LogP contribution in [0.15, 0.2) is 46.8 Å².